The lowest BCUT2D eigenvalue weighted by atomic mass is 10.1. The molecule has 5 nitrogen and oxygen atoms in total. The maximum atomic E-state index is 12.7. The van der Waals surface area contributed by atoms with E-state index >= 15 is 0 Å². The summed E-state index contributed by atoms with van der Waals surface area (Å²) in [4.78, 5) is 0. The zero-order valence-corrected chi connectivity index (χ0v) is 17.2. The van der Waals surface area contributed by atoms with Gasteiger partial charge in [0.25, 0.3) is 0 Å². The summed E-state index contributed by atoms with van der Waals surface area (Å²) in [5.41, 5.74) is 2.71. The number of halogens is 2. The fourth-order valence-corrected chi connectivity index (χ4v) is 5.02. The normalized spacial score (nSPS) is 15.8. The number of hydrogen-bond donors (Lipinski definition) is 1. The van der Waals surface area contributed by atoms with E-state index in [1.807, 2.05) is 30.3 Å². The lowest BCUT2D eigenvalue weighted by molar-refractivity contribution is 0.0729. The molecule has 3 rings (SSSR count). The van der Waals surface area contributed by atoms with Gasteiger partial charge in [-0.3, -0.25) is 0 Å². The molecule has 0 spiro atoms. The molecule has 1 aliphatic heterocycles. The first-order valence-corrected chi connectivity index (χ1v) is 11.1. The van der Waals surface area contributed by atoms with Crippen LogP contribution in [0, 0.1) is 0 Å². The van der Waals surface area contributed by atoms with Gasteiger partial charge in [-0.05, 0) is 28.8 Å². The molecule has 1 fully saturated rings. The van der Waals surface area contributed by atoms with Gasteiger partial charge < -0.3 is 10.1 Å². The number of hydrogen-bond acceptors (Lipinski definition) is 4. The highest BCUT2D eigenvalue weighted by atomic mass is 35.5. The Balaban J connectivity index is 1.65. The van der Waals surface area contributed by atoms with E-state index in [0.717, 1.165) is 16.7 Å². The van der Waals surface area contributed by atoms with Gasteiger partial charge in [-0.1, -0.05) is 53.5 Å². The van der Waals surface area contributed by atoms with Crippen LogP contribution in [0.15, 0.2) is 42.5 Å². The number of ether oxygens (including phenoxy) is 1. The molecular weight excluding hydrogens is 407 g/mol. The fourth-order valence-electron chi connectivity index (χ4n) is 2.98. The molecule has 27 heavy (non-hydrogen) atoms. The molecule has 0 saturated carbocycles. The van der Waals surface area contributed by atoms with E-state index in [9.17, 15) is 8.42 Å². The Hall–Kier alpha value is -1.15. The number of morpholine rings is 1. The monoisotopic (exact) mass is 428 g/mol. The Kier molecular flexibility index (Phi) is 7.14. The smallest absolute Gasteiger partial charge is 0.218 e. The highest BCUT2D eigenvalue weighted by Gasteiger charge is 2.25. The van der Waals surface area contributed by atoms with Crippen molar-refractivity contribution in [3.63, 3.8) is 0 Å². The number of nitrogens with one attached hydrogen (secondary N) is 1. The van der Waals surface area contributed by atoms with Crippen LogP contribution in [-0.2, 0) is 33.6 Å². The van der Waals surface area contributed by atoms with Crippen molar-refractivity contribution in [2.45, 2.75) is 18.8 Å². The van der Waals surface area contributed by atoms with Crippen LogP contribution in [0.1, 0.15) is 16.7 Å². The molecule has 0 aliphatic carbocycles. The summed E-state index contributed by atoms with van der Waals surface area (Å²) in [6, 6.07) is 13.0. The Morgan fingerprint density at radius 3 is 2.33 bits per heavy atom. The number of sulfonamides is 1. The summed E-state index contributed by atoms with van der Waals surface area (Å²) in [5.74, 6) is -0.00739. The van der Waals surface area contributed by atoms with Crippen LogP contribution in [0.5, 0.6) is 0 Å². The Bertz CT molecular complexity index is 884. The van der Waals surface area contributed by atoms with Crippen LogP contribution in [0.2, 0.25) is 10.0 Å². The molecule has 1 saturated heterocycles. The van der Waals surface area contributed by atoms with Crippen molar-refractivity contribution < 1.29 is 13.2 Å². The Morgan fingerprint density at radius 2 is 1.63 bits per heavy atom. The molecule has 2 aromatic rings. The van der Waals surface area contributed by atoms with Crippen molar-refractivity contribution in [3.05, 3.63) is 69.2 Å². The molecule has 0 amide bonds. The molecule has 0 bridgehead atoms. The van der Waals surface area contributed by atoms with E-state index < -0.39 is 10.0 Å². The van der Waals surface area contributed by atoms with Crippen molar-refractivity contribution in [3.8, 4) is 0 Å². The summed E-state index contributed by atoms with van der Waals surface area (Å²) in [7, 11) is -3.36. The predicted octanol–water partition coefficient (Wildman–Crippen LogP) is 3.45. The summed E-state index contributed by atoms with van der Waals surface area (Å²) >= 11 is 12.1. The molecule has 2 aromatic carbocycles. The second-order valence-electron chi connectivity index (χ2n) is 6.38. The van der Waals surface area contributed by atoms with Crippen molar-refractivity contribution in [1.29, 1.82) is 0 Å². The molecule has 1 aliphatic rings. The van der Waals surface area contributed by atoms with E-state index in [-0.39, 0.29) is 5.75 Å². The van der Waals surface area contributed by atoms with Gasteiger partial charge in [-0.2, -0.15) is 4.31 Å². The fraction of sp³-hybridized carbons (Fsp3) is 0.368. The number of benzene rings is 2. The Morgan fingerprint density at radius 1 is 0.963 bits per heavy atom. The van der Waals surface area contributed by atoms with Gasteiger partial charge in [-0.15, -0.1) is 0 Å². The SMILES string of the molecule is O=S(=O)(Cc1ccccc1CNCc1ccc(Cl)cc1Cl)N1CCOCC1. The van der Waals surface area contributed by atoms with Crippen molar-refractivity contribution >= 4 is 33.2 Å². The quantitative estimate of drug-likeness (QED) is 0.733. The van der Waals surface area contributed by atoms with Gasteiger partial charge in [0.15, 0.2) is 0 Å². The average Bonchev–Trinajstić information content (AvgIpc) is 2.65. The lowest BCUT2D eigenvalue weighted by Gasteiger charge is -2.26. The van der Waals surface area contributed by atoms with E-state index in [2.05, 4.69) is 5.32 Å². The zero-order valence-electron chi connectivity index (χ0n) is 14.8. The predicted molar refractivity (Wildman–Crippen MR) is 108 cm³/mol. The lowest BCUT2D eigenvalue weighted by Crippen LogP contribution is -2.41. The minimum absolute atomic E-state index is 0.00739. The molecular formula is C19H22Cl2N2O3S. The molecule has 146 valence electrons. The largest absolute Gasteiger partial charge is 0.379 e. The van der Waals surface area contributed by atoms with E-state index in [0.29, 0.717) is 49.4 Å². The molecule has 0 unspecified atom stereocenters. The maximum Gasteiger partial charge on any atom is 0.218 e. The minimum atomic E-state index is -3.36. The molecule has 0 radical (unpaired) electrons. The molecule has 0 aromatic heterocycles. The topological polar surface area (TPSA) is 58.6 Å². The van der Waals surface area contributed by atoms with Crippen LogP contribution < -0.4 is 5.32 Å². The summed E-state index contributed by atoms with van der Waals surface area (Å²) in [5, 5.41) is 4.54. The van der Waals surface area contributed by atoms with E-state index in [1.165, 1.54) is 4.31 Å². The maximum absolute atomic E-state index is 12.7. The molecule has 1 heterocycles. The molecule has 1 N–H and O–H groups in total. The second-order valence-corrected chi connectivity index (χ2v) is 9.19. The van der Waals surface area contributed by atoms with Crippen LogP contribution >= 0.6 is 23.2 Å². The summed E-state index contributed by atoms with van der Waals surface area (Å²) in [6.07, 6.45) is 0. The van der Waals surface area contributed by atoms with Crippen LogP contribution in [0.4, 0.5) is 0 Å². The first-order chi connectivity index (χ1) is 13.0. The third-order valence-corrected chi connectivity index (χ3v) is 6.88. The average molecular weight is 429 g/mol. The summed E-state index contributed by atoms with van der Waals surface area (Å²) in [6.45, 7) is 2.85. The standard InChI is InChI=1S/C19H22Cl2N2O3S/c20-18-6-5-16(19(21)11-18)13-22-12-15-3-1-2-4-17(15)14-27(24,25)23-7-9-26-10-8-23/h1-6,11,22H,7-10,12-14H2. The molecule has 8 heteroatoms. The van der Waals surface area contributed by atoms with E-state index in [4.69, 9.17) is 27.9 Å². The summed E-state index contributed by atoms with van der Waals surface area (Å²) < 4.78 is 32.2. The third kappa shape index (κ3) is 5.67. The number of rotatable bonds is 7. The van der Waals surface area contributed by atoms with Crippen molar-refractivity contribution in [1.82, 2.24) is 9.62 Å². The van der Waals surface area contributed by atoms with Gasteiger partial charge in [0.05, 0.1) is 19.0 Å². The van der Waals surface area contributed by atoms with E-state index in [1.54, 1.807) is 12.1 Å². The second kappa shape index (κ2) is 9.37. The minimum Gasteiger partial charge on any atom is -0.379 e. The van der Waals surface area contributed by atoms with Crippen molar-refractivity contribution in [2.75, 3.05) is 26.3 Å². The van der Waals surface area contributed by atoms with Crippen LogP contribution in [0.25, 0.3) is 0 Å². The van der Waals surface area contributed by atoms with Gasteiger partial charge in [0, 0.05) is 36.2 Å². The van der Waals surface area contributed by atoms with Gasteiger partial charge >= 0.3 is 0 Å². The third-order valence-electron chi connectivity index (χ3n) is 4.47. The first-order valence-electron chi connectivity index (χ1n) is 8.73. The van der Waals surface area contributed by atoms with Gasteiger partial charge in [-0.25, -0.2) is 8.42 Å². The van der Waals surface area contributed by atoms with Gasteiger partial charge in [0.2, 0.25) is 10.0 Å². The van der Waals surface area contributed by atoms with Gasteiger partial charge in [0.1, 0.15) is 0 Å². The van der Waals surface area contributed by atoms with Crippen molar-refractivity contribution in [2.24, 2.45) is 0 Å². The zero-order chi connectivity index (χ0) is 19.3. The van der Waals surface area contributed by atoms with Crippen LogP contribution in [0.3, 0.4) is 0 Å². The Labute approximate surface area is 170 Å². The highest BCUT2D eigenvalue weighted by molar-refractivity contribution is 7.88. The molecule has 0 atom stereocenters. The first kappa shape index (κ1) is 20.6. The highest BCUT2D eigenvalue weighted by Crippen LogP contribution is 2.21. The number of nitrogens with zero attached hydrogens (tertiary/aromatic N) is 1. The van der Waals surface area contributed by atoms with Crippen LogP contribution in [-0.4, -0.2) is 39.0 Å².